The lowest BCUT2D eigenvalue weighted by Crippen LogP contribution is -2.00. The van der Waals surface area contributed by atoms with Gasteiger partial charge in [0.1, 0.15) is 0 Å². The number of rotatable bonds is 3. The van der Waals surface area contributed by atoms with Crippen LogP contribution >= 0.6 is 11.8 Å². The fraction of sp³-hybridized carbons (Fsp3) is 0.231. The average molecular weight is 201 g/mol. The molecular weight excluding hydrogens is 188 g/mol. The van der Waals surface area contributed by atoms with E-state index in [0.29, 0.717) is 5.25 Å². The van der Waals surface area contributed by atoms with Gasteiger partial charge < -0.3 is 0 Å². The molecular formula is C13H13S. The van der Waals surface area contributed by atoms with Crippen molar-refractivity contribution in [1.29, 1.82) is 0 Å². The third-order valence-corrected chi connectivity index (χ3v) is 3.39. The van der Waals surface area contributed by atoms with Crippen molar-refractivity contribution < 1.29 is 0 Å². The average Bonchev–Trinajstić information content (AvgIpc) is 2.29. The predicted octanol–water partition coefficient (Wildman–Crippen LogP) is 3.61. The second-order valence-electron chi connectivity index (χ2n) is 3.28. The highest BCUT2D eigenvalue weighted by Gasteiger charge is 2.05. The predicted molar refractivity (Wildman–Crippen MR) is 63.1 cm³/mol. The molecule has 0 amide bonds. The first-order chi connectivity index (χ1) is 6.95. The molecule has 0 spiro atoms. The molecule has 0 saturated carbocycles. The molecule has 1 aliphatic carbocycles. The van der Waals surface area contributed by atoms with Gasteiger partial charge in [-0.3, -0.25) is 0 Å². The van der Waals surface area contributed by atoms with E-state index in [9.17, 15) is 0 Å². The van der Waals surface area contributed by atoms with Gasteiger partial charge in [0.05, 0.1) is 0 Å². The van der Waals surface area contributed by atoms with Crippen LogP contribution in [-0.2, 0) is 5.75 Å². The highest BCUT2D eigenvalue weighted by molar-refractivity contribution is 7.99. The summed E-state index contributed by atoms with van der Waals surface area (Å²) in [6, 6.07) is 10.6. The summed E-state index contributed by atoms with van der Waals surface area (Å²) in [4.78, 5) is 0. The van der Waals surface area contributed by atoms with Gasteiger partial charge in [-0.05, 0) is 18.1 Å². The van der Waals surface area contributed by atoms with Crippen molar-refractivity contribution in [2.75, 3.05) is 0 Å². The van der Waals surface area contributed by atoms with E-state index >= 15 is 0 Å². The van der Waals surface area contributed by atoms with Crippen LogP contribution in [0.5, 0.6) is 0 Å². The Morgan fingerprint density at radius 2 is 2.14 bits per heavy atom. The Kier molecular flexibility index (Phi) is 3.47. The summed E-state index contributed by atoms with van der Waals surface area (Å²) in [6.07, 6.45) is 10.8. The number of hydrogen-bond acceptors (Lipinski definition) is 1. The molecule has 1 aromatic carbocycles. The zero-order chi connectivity index (χ0) is 9.64. The number of hydrogen-bond donors (Lipinski definition) is 0. The molecule has 0 aromatic heterocycles. The van der Waals surface area contributed by atoms with Crippen LogP contribution in [0.25, 0.3) is 0 Å². The minimum atomic E-state index is 0.542. The lowest BCUT2D eigenvalue weighted by Gasteiger charge is -2.11. The summed E-state index contributed by atoms with van der Waals surface area (Å²) in [5.74, 6) is 1.08. The van der Waals surface area contributed by atoms with Crippen molar-refractivity contribution in [1.82, 2.24) is 0 Å². The lowest BCUT2D eigenvalue weighted by atomic mass is 10.2. The Hall–Kier alpha value is -0.950. The van der Waals surface area contributed by atoms with Crippen molar-refractivity contribution in [2.24, 2.45) is 0 Å². The maximum Gasteiger partial charge on any atom is 0.0338 e. The van der Waals surface area contributed by atoms with Crippen LogP contribution in [0.4, 0.5) is 0 Å². The topological polar surface area (TPSA) is 0 Å². The van der Waals surface area contributed by atoms with Crippen LogP contribution in [0.3, 0.4) is 0 Å². The van der Waals surface area contributed by atoms with Crippen LogP contribution in [0.2, 0.25) is 0 Å². The van der Waals surface area contributed by atoms with Gasteiger partial charge in [0.25, 0.3) is 0 Å². The summed E-state index contributed by atoms with van der Waals surface area (Å²) in [7, 11) is 0. The fourth-order valence-electron chi connectivity index (χ4n) is 1.39. The van der Waals surface area contributed by atoms with Crippen molar-refractivity contribution in [2.45, 2.75) is 17.4 Å². The first kappa shape index (κ1) is 9.60. The molecule has 1 radical (unpaired) electrons. The maximum absolute atomic E-state index is 3.34. The third kappa shape index (κ3) is 2.78. The van der Waals surface area contributed by atoms with E-state index in [-0.39, 0.29) is 0 Å². The molecule has 0 saturated heterocycles. The van der Waals surface area contributed by atoms with Gasteiger partial charge in [-0.1, -0.05) is 48.6 Å². The van der Waals surface area contributed by atoms with Crippen molar-refractivity contribution >= 4 is 11.8 Å². The van der Waals surface area contributed by atoms with Crippen LogP contribution in [0.1, 0.15) is 12.0 Å². The molecule has 0 fully saturated rings. The van der Waals surface area contributed by atoms with Gasteiger partial charge in [-0.15, -0.1) is 11.8 Å². The zero-order valence-corrected chi connectivity index (χ0v) is 8.84. The van der Waals surface area contributed by atoms with E-state index in [0.717, 1.165) is 12.2 Å². The van der Waals surface area contributed by atoms with Gasteiger partial charge >= 0.3 is 0 Å². The smallest absolute Gasteiger partial charge is 0.0338 e. The van der Waals surface area contributed by atoms with Gasteiger partial charge in [0.2, 0.25) is 0 Å². The van der Waals surface area contributed by atoms with Gasteiger partial charge in [-0.25, -0.2) is 0 Å². The van der Waals surface area contributed by atoms with E-state index in [1.165, 1.54) is 5.56 Å². The molecule has 71 valence electrons. The number of thioether (sulfide) groups is 1. The van der Waals surface area contributed by atoms with E-state index < -0.39 is 0 Å². The van der Waals surface area contributed by atoms with E-state index in [4.69, 9.17) is 0 Å². The quantitative estimate of drug-likeness (QED) is 0.720. The summed E-state index contributed by atoms with van der Waals surface area (Å²) in [5, 5.41) is 0.542. The highest BCUT2D eigenvalue weighted by atomic mass is 32.2. The Morgan fingerprint density at radius 1 is 1.29 bits per heavy atom. The summed E-state index contributed by atoms with van der Waals surface area (Å²) in [5.41, 5.74) is 1.40. The monoisotopic (exact) mass is 201 g/mol. The van der Waals surface area contributed by atoms with E-state index in [1.807, 2.05) is 17.8 Å². The molecule has 2 rings (SSSR count). The lowest BCUT2D eigenvalue weighted by molar-refractivity contribution is 1.03. The van der Waals surface area contributed by atoms with Gasteiger partial charge in [0.15, 0.2) is 0 Å². The molecule has 1 atom stereocenters. The Labute approximate surface area is 89.7 Å². The van der Waals surface area contributed by atoms with Crippen molar-refractivity contribution in [3.05, 3.63) is 60.2 Å². The number of benzene rings is 1. The first-order valence-corrected chi connectivity index (χ1v) is 5.90. The van der Waals surface area contributed by atoms with Crippen LogP contribution < -0.4 is 0 Å². The minimum absolute atomic E-state index is 0.542. The third-order valence-electron chi connectivity index (χ3n) is 2.16. The second kappa shape index (κ2) is 5.06. The first-order valence-electron chi connectivity index (χ1n) is 4.85. The van der Waals surface area contributed by atoms with Gasteiger partial charge in [-0.2, -0.15) is 0 Å². The standard InChI is InChI=1S/C13H13S/c1-3-7-12(8-4-1)11-14-13-9-5-2-6-10-13/h1-8,13H,9,11H2. The zero-order valence-electron chi connectivity index (χ0n) is 8.02. The molecule has 14 heavy (non-hydrogen) atoms. The van der Waals surface area contributed by atoms with Crippen molar-refractivity contribution in [3.63, 3.8) is 0 Å². The molecule has 1 aliphatic rings. The largest absolute Gasteiger partial charge is 0.149 e. The molecule has 0 nitrogen and oxygen atoms in total. The maximum atomic E-state index is 3.34. The summed E-state index contributed by atoms with van der Waals surface area (Å²) in [6.45, 7) is 0. The fourth-order valence-corrected chi connectivity index (χ4v) is 2.40. The molecule has 0 bridgehead atoms. The molecule has 1 aromatic rings. The molecule has 0 aliphatic heterocycles. The Bertz CT molecular complexity index is 324. The molecule has 0 heterocycles. The minimum Gasteiger partial charge on any atom is -0.149 e. The summed E-state index contributed by atoms with van der Waals surface area (Å²) < 4.78 is 0. The molecule has 0 N–H and O–H groups in total. The van der Waals surface area contributed by atoms with E-state index in [1.54, 1.807) is 0 Å². The van der Waals surface area contributed by atoms with Crippen LogP contribution in [-0.4, -0.2) is 5.25 Å². The van der Waals surface area contributed by atoms with Crippen LogP contribution in [0.15, 0.2) is 48.6 Å². The van der Waals surface area contributed by atoms with E-state index in [2.05, 4.69) is 48.6 Å². The van der Waals surface area contributed by atoms with Crippen molar-refractivity contribution in [3.8, 4) is 0 Å². The number of allylic oxidation sites excluding steroid dienone is 3. The molecule has 1 unspecified atom stereocenters. The second-order valence-corrected chi connectivity index (χ2v) is 4.47. The van der Waals surface area contributed by atoms with Gasteiger partial charge in [0, 0.05) is 11.0 Å². The Morgan fingerprint density at radius 3 is 2.86 bits per heavy atom. The van der Waals surface area contributed by atoms with Crippen LogP contribution in [0, 0.1) is 6.08 Å². The molecule has 1 heteroatoms. The SMILES string of the molecule is [C]1=CC=CCC1SCc1ccccc1. The normalized spacial score (nSPS) is 19.9. The highest BCUT2D eigenvalue weighted by Crippen LogP contribution is 2.22. The summed E-state index contributed by atoms with van der Waals surface area (Å²) >= 11 is 1.96. The Balaban J connectivity index is 1.83.